The van der Waals surface area contributed by atoms with E-state index in [1.54, 1.807) is 11.1 Å². The second kappa shape index (κ2) is 6.91. The van der Waals surface area contributed by atoms with Crippen LogP contribution in [-0.4, -0.2) is 25.7 Å². The van der Waals surface area contributed by atoms with Crippen molar-refractivity contribution in [2.75, 3.05) is 19.6 Å². The molecule has 0 heterocycles. The van der Waals surface area contributed by atoms with Crippen LogP contribution in [0.5, 0.6) is 0 Å². The maximum atomic E-state index is 3.59. The zero-order valence-corrected chi connectivity index (χ0v) is 11.7. The first kappa shape index (κ1) is 13.6. The third-order valence-corrected chi connectivity index (χ3v) is 3.74. The molecule has 0 saturated heterocycles. The maximum Gasteiger partial charge on any atom is 0.00790 e. The lowest BCUT2D eigenvalue weighted by atomic mass is 9.83. The van der Waals surface area contributed by atoms with Crippen LogP contribution in [0.25, 0.3) is 0 Å². The normalized spacial score (nSPS) is 18.9. The minimum absolute atomic E-state index is 0.585. The minimum Gasteiger partial charge on any atom is -0.315 e. The molecule has 1 unspecified atom stereocenters. The fraction of sp³-hybridized carbons (Fsp3) is 0.625. The summed E-state index contributed by atoms with van der Waals surface area (Å²) in [7, 11) is 0. The first-order chi connectivity index (χ1) is 8.77. The van der Waals surface area contributed by atoms with E-state index >= 15 is 0 Å². The summed E-state index contributed by atoms with van der Waals surface area (Å²) in [5, 5.41) is 7.03. The largest absolute Gasteiger partial charge is 0.315 e. The predicted octanol–water partition coefficient (Wildman–Crippen LogP) is 2.69. The summed E-state index contributed by atoms with van der Waals surface area (Å²) in [6, 6.07) is 9.54. The van der Waals surface area contributed by atoms with Crippen molar-refractivity contribution in [3.05, 3.63) is 35.4 Å². The molecule has 1 aromatic carbocycles. The van der Waals surface area contributed by atoms with Gasteiger partial charge >= 0.3 is 0 Å². The van der Waals surface area contributed by atoms with Crippen LogP contribution in [-0.2, 0) is 6.42 Å². The third kappa shape index (κ3) is 3.82. The second-order valence-electron chi connectivity index (χ2n) is 5.60. The highest BCUT2D eigenvalue weighted by Gasteiger charge is 2.18. The Bertz CT molecular complexity index is 360. The van der Waals surface area contributed by atoms with Gasteiger partial charge in [-0.3, -0.25) is 0 Å². The fourth-order valence-corrected chi connectivity index (χ4v) is 2.79. The molecule has 1 aliphatic rings. The van der Waals surface area contributed by atoms with E-state index in [0.29, 0.717) is 12.0 Å². The summed E-state index contributed by atoms with van der Waals surface area (Å²) >= 11 is 0. The van der Waals surface area contributed by atoms with E-state index in [1.807, 2.05) is 0 Å². The Balaban J connectivity index is 1.77. The summed E-state index contributed by atoms with van der Waals surface area (Å²) in [5.74, 6) is 0.717. The average molecular weight is 246 g/mol. The number of hydrogen-bond acceptors (Lipinski definition) is 2. The molecular weight excluding hydrogens is 220 g/mol. The average Bonchev–Trinajstić information content (AvgIpc) is 2.38. The molecule has 2 heteroatoms. The summed E-state index contributed by atoms with van der Waals surface area (Å²) in [6.07, 6.45) is 3.94. The van der Waals surface area contributed by atoms with Gasteiger partial charge in [0, 0.05) is 25.7 Å². The lowest BCUT2D eigenvalue weighted by Crippen LogP contribution is -2.34. The highest BCUT2D eigenvalue weighted by molar-refractivity contribution is 5.32. The van der Waals surface area contributed by atoms with Gasteiger partial charge in [-0.25, -0.2) is 0 Å². The third-order valence-electron chi connectivity index (χ3n) is 3.74. The molecule has 2 rings (SSSR count). The molecule has 0 amide bonds. The van der Waals surface area contributed by atoms with Crippen LogP contribution in [0.1, 0.15) is 43.7 Å². The Morgan fingerprint density at radius 1 is 1.22 bits per heavy atom. The van der Waals surface area contributed by atoms with E-state index in [2.05, 4.69) is 48.7 Å². The highest BCUT2D eigenvalue weighted by atomic mass is 15.0. The Labute approximate surface area is 111 Å². The Morgan fingerprint density at radius 2 is 2.06 bits per heavy atom. The number of nitrogens with one attached hydrogen (secondary N) is 2. The van der Waals surface area contributed by atoms with Crippen LogP contribution in [0.4, 0.5) is 0 Å². The predicted molar refractivity (Wildman–Crippen MR) is 78.1 cm³/mol. The van der Waals surface area contributed by atoms with Crippen molar-refractivity contribution in [2.45, 2.75) is 45.1 Å². The van der Waals surface area contributed by atoms with Gasteiger partial charge in [-0.1, -0.05) is 38.1 Å². The Kier molecular flexibility index (Phi) is 5.21. The van der Waals surface area contributed by atoms with Crippen LogP contribution in [0, 0.1) is 0 Å². The van der Waals surface area contributed by atoms with Gasteiger partial charge in [-0.15, -0.1) is 0 Å². The Hall–Kier alpha value is -0.860. The molecule has 0 radical (unpaired) electrons. The van der Waals surface area contributed by atoms with E-state index in [9.17, 15) is 0 Å². The van der Waals surface area contributed by atoms with E-state index < -0.39 is 0 Å². The van der Waals surface area contributed by atoms with Crippen molar-refractivity contribution in [1.29, 1.82) is 0 Å². The molecule has 0 fully saturated rings. The minimum atomic E-state index is 0.585. The quantitative estimate of drug-likeness (QED) is 0.754. The highest BCUT2D eigenvalue weighted by Crippen LogP contribution is 2.30. The van der Waals surface area contributed by atoms with Crippen LogP contribution in [0.15, 0.2) is 24.3 Å². The second-order valence-corrected chi connectivity index (χ2v) is 5.60. The van der Waals surface area contributed by atoms with Gasteiger partial charge in [0.15, 0.2) is 0 Å². The van der Waals surface area contributed by atoms with E-state index in [-0.39, 0.29) is 0 Å². The molecule has 0 aromatic heterocycles. The summed E-state index contributed by atoms with van der Waals surface area (Å²) in [4.78, 5) is 0. The molecule has 2 N–H and O–H groups in total. The number of aryl methyl sites for hydroxylation is 1. The zero-order valence-electron chi connectivity index (χ0n) is 11.7. The maximum absolute atomic E-state index is 3.59. The molecule has 2 nitrogen and oxygen atoms in total. The van der Waals surface area contributed by atoms with Gasteiger partial charge in [0.05, 0.1) is 0 Å². The van der Waals surface area contributed by atoms with Crippen molar-refractivity contribution in [1.82, 2.24) is 10.6 Å². The van der Waals surface area contributed by atoms with Gasteiger partial charge in [-0.2, -0.15) is 0 Å². The van der Waals surface area contributed by atoms with Crippen molar-refractivity contribution >= 4 is 0 Å². The molecular formula is C16H26N2. The number of hydrogen-bond donors (Lipinski definition) is 2. The fourth-order valence-electron chi connectivity index (χ4n) is 2.79. The van der Waals surface area contributed by atoms with Crippen molar-refractivity contribution < 1.29 is 0 Å². The molecule has 1 aromatic rings. The molecule has 0 saturated carbocycles. The van der Waals surface area contributed by atoms with E-state index in [0.717, 1.165) is 19.6 Å². The molecule has 100 valence electrons. The lowest BCUT2D eigenvalue weighted by Gasteiger charge is -2.25. The molecule has 1 atom stereocenters. The monoisotopic (exact) mass is 246 g/mol. The van der Waals surface area contributed by atoms with Gasteiger partial charge < -0.3 is 10.6 Å². The standard InChI is InChI=1S/C16H26N2/c1-13(2)18-11-10-17-12-15-8-5-7-14-6-3-4-9-16(14)15/h3-4,6,9,13,15,17-18H,5,7-8,10-12H2,1-2H3. The van der Waals surface area contributed by atoms with Gasteiger partial charge in [0.1, 0.15) is 0 Å². The van der Waals surface area contributed by atoms with E-state index in [1.165, 1.54) is 19.3 Å². The Morgan fingerprint density at radius 3 is 2.89 bits per heavy atom. The smallest absolute Gasteiger partial charge is 0.00790 e. The lowest BCUT2D eigenvalue weighted by molar-refractivity contribution is 0.492. The number of rotatable bonds is 6. The SMILES string of the molecule is CC(C)NCCNCC1CCCc2ccccc21. The van der Waals surface area contributed by atoms with Gasteiger partial charge in [0.25, 0.3) is 0 Å². The molecule has 1 aliphatic carbocycles. The molecule has 0 bridgehead atoms. The topological polar surface area (TPSA) is 24.1 Å². The summed E-state index contributed by atoms with van der Waals surface area (Å²) in [5.41, 5.74) is 3.14. The summed E-state index contributed by atoms with van der Waals surface area (Å²) in [6.45, 7) is 7.63. The van der Waals surface area contributed by atoms with Crippen molar-refractivity contribution in [3.63, 3.8) is 0 Å². The number of fused-ring (bicyclic) bond motifs is 1. The molecule has 0 spiro atoms. The van der Waals surface area contributed by atoms with Gasteiger partial charge in [-0.05, 0) is 36.3 Å². The van der Waals surface area contributed by atoms with Crippen LogP contribution < -0.4 is 10.6 Å². The molecule has 18 heavy (non-hydrogen) atoms. The first-order valence-corrected chi connectivity index (χ1v) is 7.29. The van der Waals surface area contributed by atoms with Gasteiger partial charge in [0.2, 0.25) is 0 Å². The van der Waals surface area contributed by atoms with Crippen LogP contribution >= 0.6 is 0 Å². The molecule has 0 aliphatic heterocycles. The van der Waals surface area contributed by atoms with E-state index in [4.69, 9.17) is 0 Å². The van der Waals surface area contributed by atoms with Crippen molar-refractivity contribution in [3.8, 4) is 0 Å². The first-order valence-electron chi connectivity index (χ1n) is 7.29. The summed E-state index contributed by atoms with van der Waals surface area (Å²) < 4.78 is 0. The zero-order chi connectivity index (χ0) is 12.8. The van der Waals surface area contributed by atoms with Crippen LogP contribution in [0.2, 0.25) is 0 Å². The number of benzene rings is 1. The van der Waals surface area contributed by atoms with Crippen LogP contribution in [0.3, 0.4) is 0 Å². The van der Waals surface area contributed by atoms with Crippen molar-refractivity contribution in [2.24, 2.45) is 0 Å².